The predicted octanol–water partition coefficient (Wildman–Crippen LogP) is 7.08. The van der Waals surface area contributed by atoms with Crippen molar-refractivity contribution in [2.24, 2.45) is 0 Å². The van der Waals surface area contributed by atoms with Gasteiger partial charge in [-0.25, -0.2) is 13.6 Å². The molecule has 2 saturated heterocycles. The third-order valence-electron chi connectivity index (χ3n) is 6.93. The van der Waals surface area contributed by atoms with E-state index in [1.807, 2.05) is 36.1 Å². The van der Waals surface area contributed by atoms with Crippen molar-refractivity contribution in [2.45, 2.75) is 44.8 Å². The van der Waals surface area contributed by atoms with Crippen molar-refractivity contribution in [1.29, 1.82) is 0 Å². The summed E-state index contributed by atoms with van der Waals surface area (Å²) in [6.45, 7) is 6.15. The van der Waals surface area contributed by atoms with Gasteiger partial charge in [-0.3, -0.25) is 0 Å². The van der Waals surface area contributed by atoms with Crippen LogP contribution in [0.4, 0.5) is 13.6 Å². The minimum Gasteiger partial charge on any atom is -0.446 e. The van der Waals surface area contributed by atoms with Crippen LogP contribution in [0, 0.1) is 11.6 Å². The zero-order valence-corrected chi connectivity index (χ0v) is 20.8. The summed E-state index contributed by atoms with van der Waals surface area (Å²) in [5.41, 5.74) is 3.08. The molecule has 0 radical (unpaired) electrons. The Labute approximate surface area is 212 Å². The highest BCUT2D eigenvalue weighted by atomic mass is 19.1. The molecule has 3 aromatic carbocycles. The second-order valence-corrected chi connectivity index (χ2v) is 9.43. The number of hydrogen-bond donors (Lipinski definition) is 0. The lowest BCUT2D eigenvalue weighted by Crippen LogP contribution is -2.44. The molecule has 3 aromatic rings. The number of hydrogen-bond acceptors (Lipinski definition) is 3. The number of ether oxygens (including phenoxy) is 1. The smallest absolute Gasteiger partial charge is 0.410 e. The minimum absolute atomic E-state index is 0.0346. The van der Waals surface area contributed by atoms with E-state index in [4.69, 9.17) is 4.74 Å². The molecular weight excluding hydrogens is 458 g/mol. The zero-order valence-electron chi connectivity index (χ0n) is 20.8. The van der Waals surface area contributed by atoms with Crippen molar-refractivity contribution in [3.8, 4) is 11.1 Å². The van der Waals surface area contributed by atoms with E-state index in [1.54, 1.807) is 30.3 Å². The van der Waals surface area contributed by atoms with Gasteiger partial charge in [0, 0.05) is 19.5 Å². The molecule has 2 heterocycles. The molecule has 2 unspecified atom stereocenters. The van der Waals surface area contributed by atoms with Crippen LogP contribution in [0.2, 0.25) is 0 Å². The third kappa shape index (κ3) is 7.14. The fraction of sp³-hybridized carbons (Fsp3) is 0.367. The lowest BCUT2D eigenvalue weighted by Gasteiger charge is -2.36. The molecular formula is C30H34F2N2O2. The first-order valence-corrected chi connectivity index (χ1v) is 12.8. The Morgan fingerprint density at radius 2 is 1.42 bits per heavy atom. The van der Waals surface area contributed by atoms with Gasteiger partial charge in [0.1, 0.15) is 17.7 Å². The monoisotopic (exact) mass is 492 g/mol. The lowest BCUT2D eigenvalue weighted by atomic mass is 10.00. The summed E-state index contributed by atoms with van der Waals surface area (Å²) >= 11 is 0. The van der Waals surface area contributed by atoms with Gasteiger partial charge < -0.3 is 14.5 Å². The van der Waals surface area contributed by atoms with E-state index in [-0.39, 0.29) is 29.9 Å². The van der Waals surface area contributed by atoms with Crippen LogP contribution in [0.3, 0.4) is 0 Å². The van der Waals surface area contributed by atoms with E-state index in [0.29, 0.717) is 0 Å². The second-order valence-electron chi connectivity index (χ2n) is 9.43. The van der Waals surface area contributed by atoms with Gasteiger partial charge in [0.25, 0.3) is 0 Å². The maximum atomic E-state index is 13.1. The average molecular weight is 493 g/mol. The van der Waals surface area contributed by atoms with Crippen LogP contribution in [0.25, 0.3) is 11.1 Å². The fourth-order valence-corrected chi connectivity index (χ4v) is 4.72. The van der Waals surface area contributed by atoms with Crippen LogP contribution in [-0.2, 0) is 4.74 Å². The molecule has 0 aromatic heterocycles. The summed E-state index contributed by atoms with van der Waals surface area (Å²) < 4.78 is 30.8. The van der Waals surface area contributed by atoms with Crippen LogP contribution >= 0.6 is 0 Å². The van der Waals surface area contributed by atoms with Gasteiger partial charge in [0.15, 0.2) is 0 Å². The standard InChI is InChI=1S/C24H29FN2O2.C6H5F/c1-18(19-4-6-20(7-5-19)21-8-10-22(25)11-9-21)27-17-13-23(29-24(27)28)12-16-26-14-2-3-15-26;7-6-4-2-1-3-5-6/h4-11,18,23H,2-3,12-17H2,1H3;1-5H. The van der Waals surface area contributed by atoms with E-state index in [0.717, 1.165) is 42.6 Å². The number of carbonyl (C=O) groups is 1. The van der Waals surface area contributed by atoms with Crippen LogP contribution < -0.4 is 0 Å². The topological polar surface area (TPSA) is 32.8 Å². The Kier molecular flexibility index (Phi) is 9.06. The maximum Gasteiger partial charge on any atom is 0.410 e. The lowest BCUT2D eigenvalue weighted by molar-refractivity contribution is 0.00695. The molecule has 5 rings (SSSR count). The third-order valence-corrected chi connectivity index (χ3v) is 6.93. The molecule has 0 spiro atoms. The largest absolute Gasteiger partial charge is 0.446 e. The van der Waals surface area contributed by atoms with Gasteiger partial charge in [0.2, 0.25) is 0 Å². The van der Waals surface area contributed by atoms with Crippen molar-refractivity contribution >= 4 is 6.09 Å². The number of nitrogens with zero attached hydrogens (tertiary/aromatic N) is 2. The molecule has 2 fully saturated rings. The number of likely N-dealkylation sites (tertiary alicyclic amines) is 1. The van der Waals surface area contributed by atoms with Gasteiger partial charge in [-0.1, -0.05) is 54.6 Å². The Morgan fingerprint density at radius 3 is 1.97 bits per heavy atom. The van der Waals surface area contributed by atoms with Gasteiger partial charge in [-0.15, -0.1) is 0 Å². The van der Waals surface area contributed by atoms with E-state index >= 15 is 0 Å². The van der Waals surface area contributed by atoms with Gasteiger partial charge in [-0.05, 0) is 80.2 Å². The van der Waals surface area contributed by atoms with E-state index in [1.165, 1.54) is 50.2 Å². The Hall–Kier alpha value is -3.25. The minimum atomic E-state index is -0.235. The average Bonchev–Trinajstić information content (AvgIpc) is 3.42. The quantitative estimate of drug-likeness (QED) is 0.369. The second kappa shape index (κ2) is 12.6. The molecule has 0 aliphatic carbocycles. The summed E-state index contributed by atoms with van der Waals surface area (Å²) in [5, 5.41) is 0. The molecule has 36 heavy (non-hydrogen) atoms. The van der Waals surface area contributed by atoms with Gasteiger partial charge in [-0.2, -0.15) is 0 Å². The van der Waals surface area contributed by atoms with E-state index in [9.17, 15) is 13.6 Å². The zero-order chi connectivity index (χ0) is 25.3. The van der Waals surface area contributed by atoms with E-state index < -0.39 is 0 Å². The number of halogens is 2. The fourth-order valence-electron chi connectivity index (χ4n) is 4.72. The van der Waals surface area contributed by atoms with Crippen molar-refractivity contribution in [2.75, 3.05) is 26.2 Å². The van der Waals surface area contributed by atoms with Crippen LogP contribution in [0.1, 0.15) is 44.2 Å². The molecule has 2 atom stereocenters. The maximum absolute atomic E-state index is 13.1. The first-order valence-electron chi connectivity index (χ1n) is 12.8. The molecule has 0 N–H and O–H groups in total. The molecule has 2 aliphatic heterocycles. The Morgan fingerprint density at radius 1 is 0.833 bits per heavy atom. The molecule has 1 amide bonds. The number of amides is 1. The molecule has 2 aliphatic rings. The normalized spacial score (nSPS) is 18.8. The van der Waals surface area contributed by atoms with Crippen molar-refractivity contribution in [3.05, 3.63) is 96.1 Å². The first kappa shape index (κ1) is 25.8. The van der Waals surface area contributed by atoms with Crippen molar-refractivity contribution in [3.63, 3.8) is 0 Å². The molecule has 6 heteroatoms. The number of cyclic esters (lactones) is 1. The van der Waals surface area contributed by atoms with Gasteiger partial charge in [0.05, 0.1) is 6.04 Å². The van der Waals surface area contributed by atoms with E-state index in [2.05, 4.69) is 4.90 Å². The number of rotatable bonds is 6. The van der Waals surface area contributed by atoms with Gasteiger partial charge >= 0.3 is 6.09 Å². The molecule has 190 valence electrons. The highest BCUT2D eigenvalue weighted by molar-refractivity contribution is 5.69. The summed E-state index contributed by atoms with van der Waals surface area (Å²) in [7, 11) is 0. The van der Waals surface area contributed by atoms with Crippen molar-refractivity contribution < 1.29 is 18.3 Å². The summed E-state index contributed by atoms with van der Waals surface area (Å²) in [5.74, 6) is -0.413. The predicted molar refractivity (Wildman–Crippen MR) is 139 cm³/mol. The summed E-state index contributed by atoms with van der Waals surface area (Å²) in [6, 6.07) is 22.5. The SMILES string of the molecule is CC(c1ccc(-c2ccc(F)cc2)cc1)N1CCC(CCN2CCCC2)OC1=O.Fc1ccccc1. The number of carbonyl (C=O) groups excluding carboxylic acids is 1. The molecule has 0 saturated carbocycles. The number of benzene rings is 3. The van der Waals surface area contributed by atoms with Crippen LogP contribution in [0.5, 0.6) is 0 Å². The summed E-state index contributed by atoms with van der Waals surface area (Å²) in [6.07, 6.45) is 4.22. The summed E-state index contributed by atoms with van der Waals surface area (Å²) in [4.78, 5) is 16.9. The molecule has 0 bridgehead atoms. The Bertz CT molecular complexity index is 1080. The highest BCUT2D eigenvalue weighted by Crippen LogP contribution is 2.28. The van der Waals surface area contributed by atoms with Crippen LogP contribution in [0.15, 0.2) is 78.9 Å². The Balaban J connectivity index is 0.000000375. The first-order chi connectivity index (χ1) is 17.5. The van der Waals surface area contributed by atoms with Crippen molar-refractivity contribution in [1.82, 2.24) is 9.80 Å². The highest BCUT2D eigenvalue weighted by Gasteiger charge is 2.31. The molecule has 4 nitrogen and oxygen atoms in total. The van der Waals surface area contributed by atoms with Crippen LogP contribution in [-0.4, -0.2) is 48.2 Å².